The number of aromatic nitrogens is 4. The van der Waals surface area contributed by atoms with E-state index in [9.17, 15) is 34.8 Å². The Morgan fingerprint density at radius 2 is 1.00 bits per heavy atom. The third kappa shape index (κ3) is 10.5. The predicted octanol–water partition coefficient (Wildman–Crippen LogP) is 9.36. The summed E-state index contributed by atoms with van der Waals surface area (Å²) in [6.45, 7) is 17.9. The molecule has 6 aromatic rings. The van der Waals surface area contributed by atoms with Crippen LogP contribution in [0, 0.1) is 20.8 Å². The molecule has 322 valence electrons. The minimum atomic E-state index is -1.12. The van der Waals surface area contributed by atoms with Crippen LogP contribution in [-0.2, 0) is 32.9 Å². The molecule has 0 fully saturated rings. The fourth-order valence-electron chi connectivity index (χ4n) is 6.38. The molecule has 62 heavy (non-hydrogen) atoms. The predicted molar refractivity (Wildman–Crippen MR) is 235 cm³/mol. The molecule has 0 radical (unpaired) electrons. The fourth-order valence-corrected chi connectivity index (χ4v) is 6.38. The summed E-state index contributed by atoms with van der Waals surface area (Å²) in [5.74, 6) is -3.27. The summed E-state index contributed by atoms with van der Waals surface area (Å²) in [4.78, 5) is 44.0. The number of ether oxygens (including phenoxy) is 1. The number of carbonyl (C=O) groups is 3. The van der Waals surface area contributed by atoms with Crippen molar-refractivity contribution in [3.63, 3.8) is 0 Å². The molecule has 0 unspecified atom stereocenters. The van der Waals surface area contributed by atoms with Gasteiger partial charge in [0.1, 0.15) is 0 Å². The Hall–Kier alpha value is -6.82. The number of methoxy groups -OCH3 is 1. The number of aryl methyl sites for hydroxylation is 3. The third-order valence-corrected chi connectivity index (χ3v) is 9.91. The van der Waals surface area contributed by atoms with E-state index >= 15 is 0 Å². The van der Waals surface area contributed by atoms with E-state index in [1.165, 1.54) is 40.5 Å². The first kappa shape index (κ1) is 47.9. The number of carbonyl (C=O) groups excluding carboxylic acids is 1. The summed E-state index contributed by atoms with van der Waals surface area (Å²) >= 11 is 0. The monoisotopic (exact) mass is 878 g/mol. The van der Waals surface area contributed by atoms with E-state index in [1.54, 1.807) is 63.2 Å². The Morgan fingerprint density at radius 1 is 0.613 bits per heavy atom. The quantitative estimate of drug-likeness (QED) is 0.0801. The van der Waals surface area contributed by atoms with Gasteiger partial charge in [-0.1, -0.05) is 90.1 Å². The number of carboxylic acid groups (broad SMARTS) is 2. The number of hydrogen-bond acceptors (Lipinski definition) is 10. The van der Waals surface area contributed by atoms with E-state index in [2.05, 4.69) is 61.7 Å². The van der Waals surface area contributed by atoms with Crippen LogP contribution in [0.2, 0.25) is 0 Å². The van der Waals surface area contributed by atoms with Crippen molar-refractivity contribution < 1.29 is 56.9 Å². The second-order valence-electron chi connectivity index (χ2n) is 16.4. The second kappa shape index (κ2) is 19.3. The minimum absolute atomic E-state index is 0. The van der Waals surface area contributed by atoms with Crippen LogP contribution in [0.4, 0.5) is 11.4 Å². The molecule has 4 aromatic carbocycles. The maximum Gasteiger partial charge on any atom is 0.359 e. The Kier molecular flexibility index (Phi) is 14.9. The van der Waals surface area contributed by atoms with Gasteiger partial charge in [0.05, 0.1) is 57.8 Å². The molecule has 0 bridgehead atoms. The zero-order valence-corrected chi connectivity index (χ0v) is 37.5. The van der Waals surface area contributed by atoms with Crippen LogP contribution < -0.4 is 0 Å². The first-order chi connectivity index (χ1) is 28.6. The molecule has 4 N–H and O–H groups in total. The second-order valence-corrected chi connectivity index (χ2v) is 16.4. The van der Waals surface area contributed by atoms with Gasteiger partial charge in [0.15, 0.2) is 5.69 Å². The summed E-state index contributed by atoms with van der Waals surface area (Å²) in [5, 5.41) is 49.1. The molecule has 0 aliphatic heterocycles. The van der Waals surface area contributed by atoms with Crippen molar-refractivity contribution in [2.24, 2.45) is 9.98 Å². The molecule has 6 rings (SSSR count). The molecule has 2 heterocycles. The zero-order valence-electron chi connectivity index (χ0n) is 36.3. The Bertz CT molecular complexity index is 2670. The molecule has 15 heteroatoms. The summed E-state index contributed by atoms with van der Waals surface area (Å²) in [6.07, 6.45) is 2.68. The van der Waals surface area contributed by atoms with Crippen molar-refractivity contribution in [3.05, 3.63) is 141 Å². The van der Waals surface area contributed by atoms with Crippen molar-refractivity contribution in [3.8, 4) is 23.1 Å². The average molecular weight is 879 g/mol. The van der Waals surface area contributed by atoms with E-state index in [0.29, 0.717) is 33.8 Å². The van der Waals surface area contributed by atoms with Crippen LogP contribution in [0.25, 0.3) is 11.4 Å². The largest absolute Gasteiger partial charge is 0.493 e. The normalized spacial score (nSPS) is 11.6. The van der Waals surface area contributed by atoms with Gasteiger partial charge in [0.2, 0.25) is 11.8 Å². The topological polar surface area (TPSA) is 202 Å². The molecule has 0 spiro atoms. The molecule has 0 saturated carbocycles. The number of aromatic hydroxyl groups is 2. The van der Waals surface area contributed by atoms with E-state index in [-0.39, 0.29) is 68.0 Å². The molecule has 0 saturated heterocycles. The van der Waals surface area contributed by atoms with Gasteiger partial charge in [0, 0.05) is 29.8 Å². The van der Waals surface area contributed by atoms with Crippen molar-refractivity contribution in [1.82, 2.24) is 19.6 Å². The van der Waals surface area contributed by atoms with Crippen LogP contribution in [0.15, 0.2) is 94.9 Å². The van der Waals surface area contributed by atoms with E-state index in [0.717, 1.165) is 11.3 Å². The summed E-state index contributed by atoms with van der Waals surface area (Å²) in [6, 6.07) is 25.3. The Labute approximate surface area is 371 Å². The molecule has 14 nitrogen and oxygen atoms in total. The number of rotatable bonds is 9. The SMILES string of the molecule is COC(=O)c1nn(-c2ccc(C(C)(C)C)cc2)c(O)c1C=Nc1cccc(C)c1C(=O)O.Cc1cccc(N=Cc2c(C)nn(-c3ccc(C(C)(C)C)cc3)c2O)c1C(=O)O.[Cr]. The maximum absolute atomic E-state index is 12.3. The Morgan fingerprint density at radius 3 is 1.39 bits per heavy atom. The van der Waals surface area contributed by atoms with Gasteiger partial charge in [0.25, 0.3) is 0 Å². The minimum Gasteiger partial charge on any atom is -0.493 e. The number of aromatic carboxylic acids is 2. The standard InChI is InChI=1S/C24H25N3O5.C23H25N3O3.Cr/c1-14-7-6-8-18(19(14)22(29)30)25-13-17-20(23(31)32-5)26-27(21(17)28)16-11-9-15(10-12-16)24(2,3)4;1-14-7-6-8-19(20(14)22(28)29)24-13-18-15(2)25-26(21(18)27)17-11-9-16(10-12-17)23(3,4)5;/h6-13,28H,1-5H3,(H,29,30);6-13,27H,1-5H3,(H,28,29);. The molecular formula is C47H50CrN6O8. The maximum atomic E-state index is 12.3. The number of benzene rings is 4. The van der Waals surface area contributed by atoms with Crippen molar-refractivity contribution in [2.45, 2.75) is 73.1 Å². The smallest absolute Gasteiger partial charge is 0.359 e. The van der Waals surface area contributed by atoms with Gasteiger partial charge >= 0.3 is 17.9 Å². The molecule has 0 amide bonds. The number of esters is 1. The van der Waals surface area contributed by atoms with Crippen molar-refractivity contribution >= 4 is 41.7 Å². The summed E-state index contributed by atoms with van der Waals surface area (Å²) < 4.78 is 7.47. The zero-order chi connectivity index (χ0) is 45.0. The number of carboxylic acids is 2. The Balaban J connectivity index is 0.000000269. The van der Waals surface area contributed by atoms with Crippen LogP contribution in [0.1, 0.15) is 112 Å². The summed E-state index contributed by atoms with van der Waals surface area (Å²) in [7, 11) is 1.21. The van der Waals surface area contributed by atoms with Crippen LogP contribution in [-0.4, -0.2) is 77.4 Å². The first-order valence-corrected chi connectivity index (χ1v) is 19.3. The van der Waals surface area contributed by atoms with Crippen LogP contribution in [0.3, 0.4) is 0 Å². The van der Waals surface area contributed by atoms with Crippen LogP contribution in [0.5, 0.6) is 11.8 Å². The first-order valence-electron chi connectivity index (χ1n) is 19.3. The van der Waals surface area contributed by atoms with Gasteiger partial charge in [-0.3, -0.25) is 9.98 Å². The number of aliphatic imine (C=N–C) groups is 2. The summed E-state index contributed by atoms with van der Waals surface area (Å²) in [5.41, 5.74) is 6.35. The van der Waals surface area contributed by atoms with Gasteiger partial charge in [-0.15, -0.1) is 0 Å². The van der Waals surface area contributed by atoms with E-state index in [4.69, 9.17) is 4.74 Å². The molecule has 0 aliphatic rings. The average Bonchev–Trinajstić information content (AvgIpc) is 3.68. The van der Waals surface area contributed by atoms with Crippen molar-refractivity contribution in [1.29, 1.82) is 0 Å². The van der Waals surface area contributed by atoms with Crippen LogP contribution >= 0.6 is 0 Å². The molecular weight excluding hydrogens is 829 g/mol. The van der Waals surface area contributed by atoms with Gasteiger partial charge < -0.3 is 25.2 Å². The fraction of sp³-hybridized carbons (Fsp3) is 0.255. The molecule has 2 aromatic heterocycles. The van der Waals surface area contributed by atoms with Gasteiger partial charge in [-0.05, 0) is 90.3 Å². The molecule has 0 atom stereocenters. The number of nitrogens with zero attached hydrogens (tertiary/aromatic N) is 6. The van der Waals surface area contributed by atoms with Gasteiger partial charge in [-0.25, -0.2) is 19.1 Å². The van der Waals surface area contributed by atoms with E-state index in [1.807, 2.05) is 36.4 Å². The third-order valence-electron chi connectivity index (χ3n) is 9.91. The number of hydrogen-bond donors (Lipinski definition) is 4. The molecule has 0 aliphatic carbocycles. The van der Waals surface area contributed by atoms with Gasteiger partial charge in [-0.2, -0.15) is 14.9 Å². The van der Waals surface area contributed by atoms with Crippen molar-refractivity contribution in [2.75, 3.05) is 7.11 Å². The van der Waals surface area contributed by atoms with E-state index < -0.39 is 17.9 Å².